The number of aromatic carboxylic acids is 1. The maximum absolute atomic E-state index is 11.1. The van der Waals surface area contributed by atoms with Crippen LogP contribution in [0.25, 0.3) is 6.08 Å². The molecule has 0 saturated heterocycles. The van der Waals surface area contributed by atoms with Crippen molar-refractivity contribution in [3.8, 4) is 0 Å². The molecule has 2 rings (SSSR count). The van der Waals surface area contributed by atoms with Gasteiger partial charge in [0.25, 0.3) is 0 Å². The number of fused-ring (bicyclic) bond motifs is 1. The van der Waals surface area contributed by atoms with E-state index in [1.165, 1.54) is 0 Å². The number of benzene rings is 1. The Morgan fingerprint density at radius 2 is 2.33 bits per heavy atom. The highest BCUT2D eigenvalue weighted by atomic mass is 16.4. The van der Waals surface area contributed by atoms with Crippen LogP contribution in [-0.2, 0) is 0 Å². The highest BCUT2D eigenvalue weighted by Gasteiger charge is 2.15. The van der Waals surface area contributed by atoms with E-state index in [9.17, 15) is 4.79 Å². The van der Waals surface area contributed by atoms with Gasteiger partial charge in [0.2, 0.25) is 0 Å². The first kappa shape index (κ1) is 9.47. The standard InChI is InChI=1S/C9H8N4O2/c10-4-3-5-1-2-6-8(12-13-11-6)7(5)9(14)15/h1-3H,4,10H2,(H,14,15). The van der Waals surface area contributed by atoms with Crippen LogP contribution in [0.5, 0.6) is 0 Å². The van der Waals surface area contributed by atoms with Crippen LogP contribution >= 0.6 is 0 Å². The van der Waals surface area contributed by atoms with Crippen molar-refractivity contribution in [3.63, 3.8) is 0 Å². The molecule has 1 aromatic rings. The lowest BCUT2D eigenvalue weighted by Crippen LogP contribution is -2.20. The van der Waals surface area contributed by atoms with Gasteiger partial charge in [-0.3, -0.25) is 0 Å². The van der Waals surface area contributed by atoms with Crippen molar-refractivity contribution < 1.29 is 9.90 Å². The van der Waals surface area contributed by atoms with Crippen molar-refractivity contribution in [2.45, 2.75) is 0 Å². The third kappa shape index (κ3) is 1.50. The van der Waals surface area contributed by atoms with Gasteiger partial charge < -0.3 is 10.8 Å². The molecule has 0 amide bonds. The van der Waals surface area contributed by atoms with Gasteiger partial charge >= 0.3 is 5.97 Å². The number of carboxylic acid groups (broad SMARTS) is 1. The molecule has 0 saturated carbocycles. The quantitative estimate of drug-likeness (QED) is 0.694. The fraction of sp³-hybridized carbons (Fsp3) is 0.111. The molecule has 0 fully saturated rings. The topological polar surface area (TPSA) is 100 Å². The zero-order valence-corrected chi connectivity index (χ0v) is 7.71. The van der Waals surface area contributed by atoms with Crippen LogP contribution in [0.4, 0.5) is 5.69 Å². The normalized spacial score (nSPS) is 13.8. The minimum absolute atomic E-state index is 0.1000. The molecule has 15 heavy (non-hydrogen) atoms. The van der Waals surface area contributed by atoms with Crippen LogP contribution in [0.1, 0.15) is 10.4 Å². The average Bonchev–Trinajstić information content (AvgIpc) is 2.64. The van der Waals surface area contributed by atoms with Crippen molar-refractivity contribution in [2.24, 2.45) is 21.2 Å². The van der Waals surface area contributed by atoms with E-state index in [2.05, 4.69) is 15.4 Å². The zero-order chi connectivity index (χ0) is 10.8. The lowest BCUT2D eigenvalue weighted by Gasteiger charge is -1.98. The summed E-state index contributed by atoms with van der Waals surface area (Å²) in [6.45, 7) is 0.271. The lowest BCUT2D eigenvalue weighted by atomic mass is 10.1. The van der Waals surface area contributed by atoms with E-state index in [0.29, 0.717) is 16.3 Å². The number of carbonyl (C=O) groups is 1. The van der Waals surface area contributed by atoms with E-state index in [4.69, 9.17) is 10.8 Å². The van der Waals surface area contributed by atoms with Gasteiger partial charge in [0.15, 0.2) is 0 Å². The minimum Gasteiger partial charge on any atom is -0.478 e. The molecule has 76 valence electrons. The van der Waals surface area contributed by atoms with Crippen molar-refractivity contribution >= 4 is 17.7 Å². The first-order valence-corrected chi connectivity index (χ1v) is 4.29. The summed E-state index contributed by atoms with van der Waals surface area (Å²) in [6.07, 6.45) is 1.62. The van der Waals surface area contributed by atoms with Crippen molar-refractivity contribution in [1.29, 1.82) is 0 Å². The maximum Gasteiger partial charge on any atom is 0.338 e. The molecule has 1 heterocycles. The molecular formula is C9H8N4O2. The van der Waals surface area contributed by atoms with E-state index in [1.807, 2.05) is 0 Å². The Labute approximate surface area is 84.4 Å². The number of carboxylic acids is 1. The first-order chi connectivity index (χ1) is 7.24. The van der Waals surface area contributed by atoms with Crippen LogP contribution in [0.3, 0.4) is 0 Å². The molecule has 0 aromatic heterocycles. The summed E-state index contributed by atoms with van der Waals surface area (Å²) >= 11 is 0. The zero-order valence-electron chi connectivity index (χ0n) is 7.71. The number of nitrogens with two attached hydrogens (primary N) is 1. The molecule has 0 bridgehead atoms. The molecule has 0 aliphatic carbocycles. The van der Waals surface area contributed by atoms with Crippen LogP contribution in [0.15, 0.2) is 27.6 Å². The molecule has 0 radical (unpaired) electrons. The molecule has 0 atom stereocenters. The minimum atomic E-state index is -1.05. The van der Waals surface area contributed by atoms with Crippen molar-refractivity contribution in [2.75, 3.05) is 6.54 Å². The molecule has 1 aliphatic heterocycles. The SMILES string of the molecule is NCC=c1ccc2c(c1C(=O)O)N=NN=2. The second-order valence-electron chi connectivity index (χ2n) is 2.93. The highest BCUT2D eigenvalue weighted by Crippen LogP contribution is 2.14. The van der Waals surface area contributed by atoms with Crippen LogP contribution in [0.2, 0.25) is 0 Å². The highest BCUT2D eigenvalue weighted by molar-refractivity contribution is 5.93. The summed E-state index contributed by atoms with van der Waals surface area (Å²) in [4.78, 5) is 11.1. The second kappa shape index (κ2) is 3.58. The van der Waals surface area contributed by atoms with Crippen LogP contribution < -0.4 is 16.3 Å². The Morgan fingerprint density at radius 1 is 1.53 bits per heavy atom. The van der Waals surface area contributed by atoms with Crippen molar-refractivity contribution in [1.82, 2.24) is 0 Å². The van der Waals surface area contributed by atoms with Gasteiger partial charge in [-0.1, -0.05) is 12.1 Å². The molecule has 0 spiro atoms. The van der Waals surface area contributed by atoms with E-state index < -0.39 is 5.97 Å². The van der Waals surface area contributed by atoms with E-state index in [0.717, 1.165) is 0 Å². The van der Waals surface area contributed by atoms with Gasteiger partial charge in [0.1, 0.15) is 11.0 Å². The van der Waals surface area contributed by atoms with Gasteiger partial charge in [-0.25, -0.2) is 4.79 Å². The van der Waals surface area contributed by atoms with E-state index in [1.54, 1.807) is 18.2 Å². The lowest BCUT2D eigenvalue weighted by molar-refractivity contribution is 0.0696. The molecule has 1 aliphatic rings. The van der Waals surface area contributed by atoms with Crippen LogP contribution in [-0.4, -0.2) is 17.6 Å². The van der Waals surface area contributed by atoms with Gasteiger partial charge in [-0.15, -0.1) is 10.2 Å². The fourth-order valence-electron chi connectivity index (χ4n) is 1.41. The maximum atomic E-state index is 11.1. The Kier molecular flexibility index (Phi) is 2.26. The predicted molar refractivity (Wildman–Crippen MR) is 52.2 cm³/mol. The summed E-state index contributed by atoms with van der Waals surface area (Å²) in [6, 6.07) is 3.32. The Balaban J connectivity index is 2.82. The van der Waals surface area contributed by atoms with Gasteiger partial charge in [-0.2, -0.15) is 0 Å². The van der Waals surface area contributed by atoms with Crippen molar-refractivity contribution in [3.05, 3.63) is 28.3 Å². The average molecular weight is 204 g/mol. The van der Waals surface area contributed by atoms with E-state index >= 15 is 0 Å². The molecule has 6 heteroatoms. The number of hydrogen-bond donors (Lipinski definition) is 2. The largest absolute Gasteiger partial charge is 0.478 e. The molecule has 1 aromatic carbocycles. The Bertz CT molecular complexity index is 562. The monoisotopic (exact) mass is 204 g/mol. The number of nitrogens with zero attached hydrogens (tertiary/aromatic N) is 3. The number of hydrogen-bond acceptors (Lipinski definition) is 5. The first-order valence-electron chi connectivity index (χ1n) is 4.29. The molecular weight excluding hydrogens is 196 g/mol. The summed E-state index contributed by atoms with van der Waals surface area (Å²) in [5, 5.41) is 20.9. The fourth-order valence-corrected chi connectivity index (χ4v) is 1.41. The summed E-state index contributed by atoms with van der Waals surface area (Å²) in [5.41, 5.74) is 5.74. The Morgan fingerprint density at radius 3 is 3.00 bits per heavy atom. The third-order valence-corrected chi connectivity index (χ3v) is 2.04. The Hall–Kier alpha value is -2.08. The van der Waals surface area contributed by atoms with E-state index in [-0.39, 0.29) is 12.1 Å². The smallest absolute Gasteiger partial charge is 0.338 e. The number of rotatable bonds is 2. The molecule has 0 unspecified atom stereocenters. The van der Waals surface area contributed by atoms with Crippen LogP contribution in [0, 0.1) is 0 Å². The second-order valence-corrected chi connectivity index (χ2v) is 2.93. The summed E-state index contributed by atoms with van der Waals surface area (Å²) in [7, 11) is 0. The van der Waals surface area contributed by atoms with Gasteiger partial charge in [0.05, 0.1) is 5.56 Å². The van der Waals surface area contributed by atoms with Gasteiger partial charge in [0, 0.05) is 6.54 Å². The third-order valence-electron chi connectivity index (χ3n) is 2.04. The molecule has 6 nitrogen and oxygen atoms in total. The van der Waals surface area contributed by atoms with Gasteiger partial charge in [-0.05, 0) is 16.5 Å². The predicted octanol–water partition coefficient (Wildman–Crippen LogP) is -0.244. The summed E-state index contributed by atoms with van der Waals surface area (Å²) in [5.74, 6) is -1.05. The molecule has 3 N–H and O–H groups in total. The summed E-state index contributed by atoms with van der Waals surface area (Å²) < 4.78 is 0.